The summed E-state index contributed by atoms with van der Waals surface area (Å²) in [5.74, 6) is 0.0134. The van der Waals surface area contributed by atoms with Crippen molar-refractivity contribution in [3.8, 4) is 5.75 Å². The Labute approximate surface area is 125 Å². The normalized spacial score (nSPS) is 19.9. The van der Waals surface area contributed by atoms with E-state index < -0.39 is 5.97 Å². The van der Waals surface area contributed by atoms with E-state index in [-0.39, 0.29) is 18.2 Å². The van der Waals surface area contributed by atoms with Gasteiger partial charge in [-0.3, -0.25) is 9.69 Å². The van der Waals surface area contributed by atoms with E-state index in [1.165, 1.54) is 0 Å². The summed E-state index contributed by atoms with van der Waals surface area (Å²) in [6.45, 7) is 5.15. The predicted octanol–water partition coefficient (Wildman–Crippen LogP) is 2.32. The number of hydrogen-bond acceptors (Lipinski definition) is 4. The van der Waals surface area contributed by atoms with Crippen LogP contribution in [-0.2, 0) is 9.53 Å². The summed E-state index contributed by atoms with van der Waals surface area (Å²) in [4.78, 5) is 13.1. The van der Waals surface area contributed by atoms with Crippen molar-refractivity contribution in [2.45, 2.75) is 31.9 Å². The van der Waals surface area contributed by atoms with Crippen molar-refractivity contribution in [3.05, 3.63) is 29.8 Å². The van der Waals surface area contributed by atoms with E-state index in [0.717, 1.165) is 17.7 Å². The summed E-state index contributed by atoms with van der Waals surface area (Å²) in [6, 6.07) is 7.88. The first-order valence-corrected chi connectivity index (χ1v) is 7.15. The Hall–Kier alpha value is -1.59. The van der Waals surface area contributed by atoms with Gasteiger partial charge >= 0.3 is 5.97 Å². The summed E-state index contributed by atoms with van der Waals surface area (Å²) in [5.41, 5.74) is 0.734. The van der Waals surface area contributed by atoms with E-state index in [9.17, 15) is 9.90 Å². The molecule has 0 saturated carbocycles. The van der Waals surface area contributed by atoms with Crippen LogP contribution in [-0.4, -0.2) is 48.4 Å². The molecule has 1 aliphatic rings. The zero-order chi connectivity index (χ0) is 15.5. The number of carboxylic acids is 1. The van der Waals surface area contributed by atoms with Gasteiger partial charge in [0.15, 0.2) is 0 Å². The molecule has 2 rings (SSSR count). The van der Waals surface area contributed by atoms with Crippen LogP contribution in [0.3, 0.4) is 0 Å². The van der Waals surface area contributed by atoms with E-state index in [0.29, 0.717) is 13.2 Å². The zero-order valence-electron chi connectivity index (χ0n) is 12.8. The summed E-state index contributed by atoms with van der Waals surface area (Å²) in [7, 11) is 1.63. The molecule has 0 radical (unpaired) electrons. The maximum absolute atomic E-state index is 11.2. The summed E-state index contributed by atoms with van der Waals surface area (Å²) in [5, 5.41) is 9.18. The minimum absolute atomic E-state index is 0.00155. The molecule has 0 aliphatic carbocycles. The molecule has 1 atom stereocenters. The Morgan fingerprint density at radius 2 is 2.19 bits per heavy atom. The molecule has 0 bridgehead atoms. The maximum Gasteiger partial charge on any atom is 0.317 e. The highest BCUT2D eigenvalue weighted by atomic mass is 16.5. The van der Waals surface area contributed by atoms with Crippen molar-refractivity contribution in [2.24, 2.45) is 0 Å². The number of carboxylic acid groups (broad SMARTS) is 1. The number of carbonyl (C=O) groups is 1. The van der Waals surface area contributed by atoms with Crippen molar-refractivity contribution in [1.29, 1.82) is 0 Å². The first kappa shape index (κ1) is 15.8. The lowest BCUT2D eigenvalue weighted by Crippen LogP contribution is -2.44. The quantitative estimate of drug-likeness (QED) is 0.872. The Bertz CT molecular complexity index is 501. The molecule has 1 heterocycles. The van der Waals surface area contributed by atoms with Crippen LogP contribution in [0.25, 0.3) is 0 Å². The number of benzene rings is 1. The van der Waals surface area contributed by atoms with Crippen LogP contribution in [0.4, 0.5) is 0 Å². The number of fused-ring (bicyclic) bond motifs is 1. The average molecular weight is 293 g/mol. The Kier molecular flexibility index (Phi) is 4.85. The van der Waals surface area contributed by atoms with E-state index in [4.69, 9.17) is 9.47 Å². The molecular weight excluding hydrogens is 270 g/mol. The smallest absolute Gasteiger partial charge is 0.317 e. The van der Waals surface area contributed by atoms with Gasteiger partial charge < -0.3 is 14.6 Å². The average Bonchev–Trinajstić information content (AvgIpc) is 2.41. The molecule has 0 saturated heterocycles. The van der Waals surface area contributed by atoms with E-state index in [1.807, 2.05) is 43.0 Å². The van der Waals surface area contributed by atoms with Gasteiger partial charge in [0.2, 0.25) is 0 Å². The fraction of sp³-hybridized carbons (Fsp3) is 0.562. The van der Waals surface area contributed by atoms with Crippen LogP contribution >= 0.6 is 0 Å². The molecule has 21 heavy (non-hydrogen) atoms. The third kappa shape index (κ3) is 3.95. The van der Waals surface area contributed by atoms with Crippen LogP contribution in [0.15, 0.2) is 24.3 Å². The second-order valence-corrected chi connectivity index (χ2v) is 5.98. The van der Waals surface area contributed by atoms with Crippen LogP contribution in [0, 0.1) is 0 Å². The molecule has 5 nitrogen and oxygen atoms in total. The Morgan fingerprint density at radius 3 is 2.86 bits per heavy atom. The van der Waals surface area contributed by atoms with Crippen LogP contribution < -0.4 is 4.74 Å². The molecule has 1 aromatic carbocycles. The number of methoxy groups -OCH3 is 1. The van der Waals surface area contributed by atoms with E-state index >= 15 is 0 Å². The summed E-state index contributed by atoms with van der Waals surface area (Å²) < 4.78 is 11.1. The molecule has 0 fully saturated rings. The fourth-order valence-electron chi connectivity index (χ4n) is 2.82. The van der Waals surface area contributed by atoms with Gasteiger partial charge in [0.25, 0.3) is 0 Å². The lowest BCUT2D eigenvalue weighted by atomic mass is 9.88. The van der Waals surface area contributed by atoms with Gasteiger partial charge in [0.05, 0.1) is 13.2 Å². The highest BCUT2D eigenvalue weighted by molar-refractivity contribution is 5.69. The molecule has 5 heteroatoms. The van der Waals surface area contributed by atoms with Crippen molar-refractivity contribution < 1.29 is 19.4 Å². The lowest BCUT2D eigenvalue weighted by Gasteiger charge is -2.42. The molecule has 0 aromatic heterocycles. The largest absolute Gasteiger partial charge is 0.487 e. The molecule has 116 valence electrons. The zero-order valence-corrected chi connectivity index (χ0v) is 12.8. The van der Waals surface area contributed by atoms with Gasteiger partial charge in [0, 0.05) is 31.7 Å². The first-order chi connectivity index (χ1) is 9.93. The number of para-hydroxylation sites is 1. The predicted molar refractivity (Wildman–Crippen MR) is 79.6 cm³/mol. The van der Waals surface area contributed by atoms with Crippen molar-refractivity contribution in [2.75, 3.05) is 26.8 Å². The third-order valence-corrected chi connectivity index (χ3v) is 3.71. The second-order valence-electron chi connectivity index (χ2n) is 5.98. The molecule has 1 aliphatic heterocycles. The number of rotatable bonds is 6. The summed E-state index contributed by atoms with van der Waals surface area (Å²) in [6.07, 6.45) is 0.751. The minimum Gasteiger partial charge on any atom is -0.487 e. The van der Waals surface area contributed by atoms with Gasteiger partial charge in [-0.1, -0.05) is 18.2 Å². The molecular formula is C16H23NO4. The standard InChI is InChI=1S/C16H23NO4/c1-16(2)10-13(12-6-4-5-7-14(12)21-16)17(8-9-20-3)11-15(18)19/h4-7,13H,8-11H2,1-3H3,(H,18,19). The summed E-state index contributed by atoms with van der Waals surface area (Å²) >= 11 is 0. The number of hydrogen-bond donors (Lipinski definition) is 1. The Morgan fingerprint density at radius 1 is 1.48 bits per heavy atom. The maximum atomic E-state index is 11.2. The van der Waals surface area contributed by atoms with Crippen LogP contribution in [0.1, 0.15) is 31.9 Å². The van der Waals surface area contributed by atoms with Gasteiger partial charge in [-0.15, -0.1) is 0 Å². The SMILES string of the molecule is COCCN(CC(=O)O)C1CC(C)(C)Oc2ccccc21. The van der Waals surface area contributed by atoms with Gasteiger partial charge in [-0.2, -0.15) is 0 Å². The second kappa shape index (κ2) is 6.45. The van der Waals surface area contributed by atoms with E-state index in [1.54, 1.807) is 7.11 Å². The topological polar surface area (TPSA) is 59.0 Å². The number of ether oxygens (including phenoxy) is 2. The Balaban J connectivity index is 2.31. The molecule has 1 N–H and O–H groups in total. The lowest BCUT2D eigenvalue weighted by molar-refractivity contribution is -0.139. The van der Waals surface area contributed by atoms with Crippen molar-refractivity contribution in [1.82, 2.24) is 4.90 Å². The minimum atomic E-state index is -0.826. The van der Waals surface area contributed by atoms with Crippen LogP contribution in [0.2, 0.25) is 0 Å². The number of aliphatic carboxylic acids is 1. The van der Waals surface area contributed by atoms with Crippen molar-refractivity contribution >= 4 is 5.97 Å². The molecule has 1 unspecified atom stereocenters. The van der Waals surface area contributed by atoms with Gasteiger partial charge in [0.1, 0.15) is 11.4 Å². The highest BCUT2D eigenvalue weighted by Crippen LogP contribution is 2.42. The van der Waals surface area contributed by atoms with Crippen molar-refractivity contribution in [3.63, 3.8) is 0 Å². The number of nitrogens with zero attached hydrogens (tertiary/aromatic N) is 1. The fourth-order valence-corrected chi connectivity index (χ4v) is 2.82. The monoisotopic (exact) mass is 293 g/mol. The third-order valence-electron chi connectivity index (χ3n) is 3.71. The molecule has 1 aromatic rings. The van der Waals surface area contributed by atoms with Gasteiger partial charge in [-0.25, -0.2) is 0 Å². The highest BCUT2D eigenvalue weighted by Gasteiger charge is 2.37. The molecule has 0 amide bonds. The molecule has 0 spiro atoms. The van der Waals surface area contributed by atoms with Crippen LogP contribution in [0.5, 0.6) is 5.75 Å². The van der Waals surface area contributed by atoms with Gasteiger partial charge in [-0.05, 0) is 19.9 Å². The first-order valence-electron chi connectivity index (χ1n) is 7.15. The van der Waals surface area contributed by atoms with E-state index in [2.05, 4.69) is 0 Å².